The van der Waals surface area contributed by atoms with Crippen LogP contribution in [0.15, 0.2) is 4.42 Å². The van der Waals surface area contributed by atoms with Crippen molar-refractivity contribution >= 4 is 30.1 Å². The highest BCUT2D eigenvalue weighted by molar-refractivity contribution is 7.98. The molecule has 2 heterocycles. The van der Waals surface area contributed by atoms with Crippen molar-refractivity contribution in [2.75, 3.05) is 38.2 Å². The molecule has 1 aliphatic heterocycles. The van der Waals surface area contributed by atoms with Crippen molar-refractivity contribution in [3.8, 4) is 0 Å². The molecule has 0 spiro atoms. The van der Waals surface area contributed by atoms with Crippen LogP contribution in [0.4, 0.5) is 0 Å². The second-order valence-corrected chi connectivity index (χ2v) is 6.72. The number of carbonyl (C=O) groups excluding carboxylic acids is 1. The smallest absolute Gasteiger partial charge is 0.239 e. The predicted molar refractivity (Wildman–Crippen MR) is 96.1 cm³/mol. The molecule has 0 unspecified atom stereocenters. The molecule has 1 aromatic heterocycles. The molecule has 1 fully saturated rings. The fraction of sp³-hybridized carbons (Fsp3) is 0.733. The number of aromatic nitrogens is 1. The van der Waals surface area contributed by atoms with Crippen LogP contribution in [0, 0.1) is 13.8 Å². The van der Waals surface area contributed by atoms with Gasteiger partial charge in [0.15, 0.2) is 0 Å². The van der Waals surface area contributed by atoms with Crippen LogP contribution in [0.5, 0.6) is 0 Å². The molecule has 2 N–H and O–H groups in total. The number of carbonyl (C=O) groups is 1. The lowest BCUT2D eigenvalue weighted by Gasteiger charge is -2.35. The number of hydrogen-bond acceptors (Lipinski definition) is 6. The highest BCUT2D eigenvalue weighted by Gasteiger charge is 2.25. The van der Waals surface area contributed by atoms with Crippen LogP contribution in [-0.4, -0.2) is 64.9 Å². The molecule has 1 aliphatic rings. The second-order valence-electron chi connectivity index (χ2n) is 5.74. The van der Waals surface area contributed by atoms with Gasteiger partial charge in [0.1, 0.15) is 5.76 Å². The molecule has 132 valence electrons. The highest BCUT2D eigenvalue weighted by atomic mass is 35.5. The third kappa shape index (κ3) is 5.67. The van der Waals surface area contributed by atoms with Crippen LogP contribution in [0.25, 0.3) is 0 Å². The van der Waals surface area contributed by atoms with E-state index in [1.807, 2.05) is 25.0 Å². The zero-order valence-corrected chi connectivity index (χ0v) is 15.7. The van der Waals surface area contributed by atoms with E-state index in [0.717, 1.165) is 55.7 Å². The largest absolute Gasteiger partial charge is 0.444 e. The number of halogens is 1. The van der Waals surface area contributed by atoms with Crippen LogP contribution >= 0.6 is 24.2 Å². The number of piperazine rings is 1. The van der Waals surface area contributed by atoms with Gasteiger partial charge in [0.05, 0.1) is 18.3 Å². The van der Waals surface area contributed by atoms with Gasteiger partial charge in [0.25, 0.3) is 0 Å². The van der Waals surface area contributed by atoms with E-state index in [2.05, 4.69) is 9.88 Å². The van der Waals surface area contributed by atoms with E-state index in [1.165, 1.54) is 0 Å². The average Bonchev–Trinajstić information content (AvgIpc) is 2.83. The van der Waals surface area contributed by atoms with Crippen molar-refractivity contribution in [3.05, 3.63) is 17.3 Å². The van der Waals surface area contributed by atoms with Gasteiger partial charge in [-0.05, 0) is 32.3 Å². The minimum Gasteiger partial charge on any atom is -0.444 e. The maximum absolute atomic E-state index is 12.3. The standard InChI is InChI=1S/C15H26N4O2S.ClH/c1-11-12(2)21-14(17-11)10-18-5-7-19(8-6-18)15(20)13(16)4-9-22-3;/h13H,4-10,16H2,1-3H3;1H/t13-;/m0./s1. The van der Waals surface area contributed by atoms with Gasteiger partial charge < -0.3 is 15.1 Å². The van der Waals surface area contributed by atoms with Gasteiger partial charge in [0, 0.05) is 26.2 Å². The molecule has 23 heavy (non-hydrogen) atoms. The van der Waals surface area contributed by atoms with E-state index in [1.54, 1.807) is 11.8 Å². The minimum absolute atomic E-state index is 0. The van der Waals surface area contributed by atoms with Crippen LogP contribution < -0.4 is 5.73 Å². The Labute approximate surface area is 148 Å². The maximum Gasteiger partial charge on any atom is 0.239 e. The Kier molecular flexibility index (Phi) is 8.39. The summed E-state index contributed by atoms with van der Waals surface area (Å²) in [7, 11) is 0. The third-order valence-electron chi connectivity index (χ3n) is 4.07. The Morgan fingerprint density at radius 1 is 1.35 bits per heavy atom. The zero-order valence-electron chi connectivity index (χ0n) is 14.1. The van der Waals surface area contributed by atoms with Crippen molar-refractivity contribution in [2.45, 2.75) is 32.9 Å². The molecule has 1 aromatic rings. The number of oxazole rings is 1. The Hall–Kier alpha value is -0.760. The summed E-state index contributed by atoms with van der Waals surface area (Å²) in [5.41, 5.74) is 6.92. The summed E-state index contributed by atoms with van der Waals surface area (Å²) in [5, 5.41) is 0. The van der Waals surface area contributed by atoms with Gasteiger partial charge in [-0.25, -0.2) is 4.98 Å². The molecular formula is C15H27ClN4O2S. The summed E-state index contributed by atoms with van der Waals surface area (Å²) < 4.78 is 5.62. The molecule has 0 bridgehead atoms. The predicted octanol–water partition coefficient (Wildman–Crippen LogP) is 1.44. The van der Waals surface area contributed by atoms with E-state index in [4.69, 9.17) is 10.2 Å². The summed E-state index contributed by atoms with van der Waals surface area (Å²) in [4.78, 5) is 20.8. The van der Waals surface area contributed by atoms with E-state index in [9.17, 15) is 4.79 Å². The number of amides is 1. The first-order valence-electron chi connectivity index (χ1n) is 7.70. The molecule has 1 amide bonds. The summed E-state index contributed by atoms with van der Waals surface area (Å²) in [6, 6.07) is -0.365. The van der Waals surface area contributed by atoms with Gasteiger partial charge in [-0.3, -0.25) is 9.69 Å². The fourth-order valence-electron chi connectivity index (χ4n) is 2.53. The van der Waals surface area contributed by atoms with Gasteiger partial charge in [-0.1, -0.05) is 0 Å². The number of aryl methyl sites for hydroxylation is 2. The average molecular weight is 363 g/mol. The van der Waals surface area contributed by atoms with E-state index >= 15 is 0 Å². The van der Waals surface area contributed by atoms with Crippen molar-refractivity contribution in [2.24, 2.45) is 5.73 Å². The first-order chi connectivity index (χ1) is 10.5. The molecule has 0 aromatic carbocycles. The molecule has 6 nitrogen and oxygen atoms in total. The van der Waals surface area contributed by atoms with Crippen LogP contribution in [-0.2, 0) is 11.3 Å². The lowest BCUT2D eigenvalue weighted by atomic mass is 10.2. The Balaban J connectivity index is 0.00000264. The quantitative estimate of drug-likeness (QED) is 0.825. The minimum atomic E-state index is -0.365. The van der Waals surface area contributed by atoms with Crippen molar-refractivity contribution in [1.29, 1.82) is 0 Å². The molecule has 0 saturated carbocycles. The Morgan fingerprint density at radius 2 is 2.00 bits per heavy atom. The van der Waals surface area contributed by atoms with E-state index < -0.39 is 0 Å². The number of nitrogens with two attached hydrogens (primary N) is 1. The van der Waals surface area contributed by atoms with Crippen LogP contribution in [0.1, 0.15) is 23.8 Å². The summed E-state index contributed by atoms with van der Waals surface area (Å²) in [6.07, 6.45) is 2.77. The molecule has 0 aliphatic carbocycles. The van der Waals surface area contributed by atoms with Gasteiger partial charge in [-0.2, -0.15) is 11.8 Å². The number of nitrogens with zero attached hydrogens (tertiary/aromatic N) is 3. The van der Waals surface area contributed by atoms with Crippen LogP contribution in [0.2, 0.25) is 0 Å². The van der Waals surface area contributed by atoms with Crippen LogP contribution in [0.3, 0.4) is 0 Å². The van der Waals surface area contributed by atoms with E-state index in [0.29, 0.717) is 6.54 Å². The SMILES string of the molecule is CSCC[C@H](N)C(=O)N1CCN(Cc2nc(C)c(C)o2)CC1.Cl. The summed E-state index contributed by atoms with van der Waals surface area (Å²) >= 11 is 1.72. The first kappa shape index (κ1) is 20.3. The molecule has 2 rings (SSSR count). The number of thioether (sulfide) groups is 1. The van der Waals surface area contributed by atoms with Crippen molar-refractivity contribution in [1.82, 2.24) is 14.8 Å². The normalized spacial score (nSPS) is 17.0. The Morgan fingerprint density at radius 3 is 2.52 bits per heavy atom. The maximum atomic E-state index is 12.3. The summed E-state index contributed by atoms with van der Waals surface area (Å²) in [6.45, 7) is 7.71. The highest BCUT2D eigenvalue weighted by Crippen LogP contribution is 2.13. The molecule has 1 atom stereocenters. The monoisotopic (exact) mass is 362 g/mol. The molecule has 1 saturated heterocycles. The second kappa shape index (κ2) is 9.52. The zero-order chi connectivity index (χ0) is 16.1. The Bertz CT molecular complexity index is 484. The van der Waals surface area contributed by atoms with Gasteiger partial charge in [0.2, 0.25) is 11.8 Å². The van der Waals surface area contributed by atoms with E-state index in [-0.39, 0.29) is 24.4 Å². The van der Waals surface area contributed by atoms with Gasteiger partial charge in [-0.15, -0.1) is 12.4 Å². The fourth-order valence-corrected chi connectivity index (χ4v) is 3.02. The van der Waals surface area contributed by atoms with Crippen molar-refractivity contribution in [3.63, 3.8) is 0 Å². The summed E-state index contributed by atoms with van der Waals surface area (Å²) in [5.74, 6) is 2.64. The number of hydrogen-bond donors (Lipinski definition) is 1. The van der Waals surface area contributed by atoms with Crippen molar-refractivity contribution < 1.29 is 9.21 Å². The lowest BCUT2D eigenvalue weighted by molar-refractivity contribution is -0.134. The number of rotatable bonds is 6. The topological polar surface area (TPSA) is 75.6 Å². The lowest BCUT2D eigenvalue weighted by Crippen LogP contribution is -2.53. The molecular weight excluding hydrogens is 336 g/mol. The molecule has 0 radical (unpaired) electrons. The third-order valence-corrected chi connectivity index (χ3v) is 4.71. The van der Waals surface area contributed by atoms with Gasteiger partial charge >= 0.3 is 0 Å². The first-order valence-corrected chi connectivity index (χ1v) is 9.09. The molecule has 8 heteroatoms.